The van der Waals surface area contributed by atoms with E-state index in [-0.39, 0.29) is 16.4 Å². The van der Waals surface area contributed by atoms with Gasteiger partial charge >= 0.3 is 0 Å². The van der Waals surface area contributed by atoms with Gasteiger partial charge in [-0.05, 0) is 36.4 Å². The van der Waals surface area contributed by atoms with Crippen molar-refractivity contribution in [2.75, 3.05) is 12.0 Å². The Balaban J connectivity index is 2.21. The molecule has 0 saturated heterocycles. The molecule has 0 aliphatic heterocycles. The van der Waals surface area contributed by atoms with Crippen molar-refractivity contribution >= 4 is 26.8 Å². The molecule has 7 heteroatoms. The van der Waals surface area contributed by atoms with Crippen LogP contribution in [0.3, 0.4) is 0 Å². The Labute approximate surface area is 120 Å². The first kappa shape index (κ1) is 13.6. The molecule has 2 N–H and O–H groups in total. The van der Waals surface area contributed by atoms with Crippen LogP contribution in [0.1, 0.15) is 0 Å². The number of fused-ring (bicyclic) bond motifs is 1. The topological polar surface area (TPSA) is 78.0 Å². The molecule has 1 aromatic heterocycles. The number of hydrogen-bond acceptors (Lipinski definition) is 4. The molecule has 5 nitrogen and oxygen atoms in total. The Kier molecular flexibility index (Phi) is 2.94. The van der Waals surface area contributed by atoms with Gasteiger partial charge < -0.3 is 5.73 Å². The Morgan fingerprint density at radius 3 is 2.43 bits per heavy atom. The van der Waals surface area contributed by atoms with Crippen LogP contribution >= 0.6 is 0 Å². The molecule has 2 aromatic carbocycles. The molecular weight excluding hydrogens is 293 g/mol. The summed E-state index contributed by atoms with van der Waals surface area (Å²) >= 11 is 0. The summed E-state index contributed by atoms with van der Waals surface area (Å²) < 4.78 is 38.2. The highest BCUT2D eigenvalue weighted by molar-refractivity contribution is 7.90. The van der Waals surface area contributed by atoms with Gasteiger partial charge in [-0.1, -0.05) is 6.07 Å². The fraction of sp³-hybridized carbons (Fsp3) is 0.0714. The highest BCUT2D eigenvalue weighted by Gasteiger charge is 2.14. The normalized spacial score (nSPS) is 11.9. The Bertz CT molecular complexity index is 931. The predicted molar refractivity (Wildman–Crippen MR) is 78.6 cm³/mol. The van der Waals surface area contributed by atoms with E-state index in [4.69, 9.17) is 5.73 Å². The number of nitrogens with zero attached hydrogens (tertiary/aromatic N) is 2. The molecule has 21 heavy (non-hydrogen) atoms. The van der Waals surface area contributed by atoms with Gasteiger partial charge in [0.25, 0.3) is 0 Å². The van der Waals surface area contributed by atoms with E-state index in [2.05, 4.69) is 4.98 Å². The smallest absolute Gasteiger partial charge is 0.206 e. The maximum atomic E-state index is 13.7. The second kappa shape index (κ2) is 4.56. The summed E-state index contributed by atoms with van der Waals surface area (Å²) in [6.07, 6.45) is 1.14. The second-order valence-electron chi connectivity index (χ2n) is 4.68. The number of imidazole rings is 1. The third-order valence-corrected chi connectivity index (χ3v) is 4.31. The van der Waals surface area contributed by atoms with Gasteiger partial charge in [0.1, 0.15) is 5.52 Å². The summed E-state index contributed by atoms with van der Waals surface area (Å²) in [5.41, 5.74) is 7.17. The van der Waals surface area contributed by atoms with Crippen molar-refractivity contribution in [3.63, 3.8) is 0 Å². The molecule has 108 valence electrons. The molecule has 3 rings (SSSR count). The minimum atomic E-state index is -3.26. The highest BCUT2D eigenvalue weighted by atomic mass is 32.2. The van der Waals surface area contributed by atoms with Gasteiger partial charge in [0.15, 0.2) is 15.7 Å². The molecule has 3 aromatic rings. The number of rotatable bonds is 2. The number of benzene rings is 2. The number of aromatic nitrogens is 2. The van der Waals surface area contributed by atoms with Crippen LogP contribution in [0.5, 0.6) is 0 Å². The second-order valence-corrected chi connectivity index (χ2v) is 6.69. The Hall–Kier alpha value is -2.41. The van der Waals surface area contributed by atoms with Crippen LogP contribution in [0.4, 0.5) is 10.3 Å². The van der Waals surface area contributed by atoms with Gasteiger partial charge in [-0.3, -0.25) is 4.57 Å². The number of halogens is 1. The maximum Gasteiger partial charge on any atom is 0.206 e. The standard InChI is InChI=1S/C14H12FN3O2S/c1-21(19,20)10-7-5-9(6-8-10)18-12-4-2-3-11(15)13(12)17-14(18)16/h2-8H,1H3,(H2,16,17). The summed E-state index contributed by atoms with van der Waals surface area (Å²) in [7, 11) is -3.26. The van der Waals surface area contributed by atoms with E-state index in [1.54, 1.807) is 28.8 Å². The molecule has 0 spiro atoms. The first-order chi connectivity index (χ1) is 9.88. The number of sulfone groups is 1. The van der Waals surface area contributed by atoms with Gasteiger partial charge in [-0.25, -0.2) is 17.8 Å². The van der Waals surface area contributed by atoms with E-state index < -0.39 is 15.7 Å². The Morgan fingerprint density at radius 1 is 1.14 bits per heavy atom. The van der Waals surface area contributed by atoms with Gasteiger partial charge in [-0.15, -0.1) is 0 Å². The molecule has 0 aliphatic carbocycles. The summed E-state index contributed by atoms with van der Waals surface area (Å²) in [6, 6.07) is 10.8. The minimum absolute atomic E-state index is 0.141. The van der Waals surface area contributed by atoms with Crippen molar-refractivity contribution in [1.82, 2.24) is 9.55 Å². The van der Waals surface area contributed by atoms with Crippen molar-refractivity contribution in [1.29, 1.82) is 0 Å². The highest BCUT2D eigenvalue weighted by Crippen LogP contribution is 2.25. The quantitative estimate of drug-likeness (QED) is 0.787. The Morgan fingerprint density at radius 2 is 1.81 bits per heavy atom. The predicted octanol–water partition coefficient (Wildman–Crippen LogP) is 2.15. The van der Waals surface area contributed by atoms with E-state index in [1.165, 1.54) is 18.2 Å². The molecule has 0 fully saturated rings. The molecule has 0 bridgehead atoms. The summed E-state index contributed by atoms with van der Waals surface area (Å²) in [4.78, 5) is 4.22. The van der Waals surface area contributed by atoms with Crippen molar-refractivity contribution < 1.29 is 12.8 Å². The summed E-state index contributed by atoms with van der Waals surface area (Å²) in [5, 5.41) is 0. The zero-order valence-electron chi connectivity index (χ0n) is 11.1. The van der Waals surface area contributed by atoms with Gasteiger partial charge in [-0.2, -0.15) is 0 Å². The SMILES string of the molecule is CS(=O)(=O)c1ccc(-n2c(N)nc3c(F)cccc32)cc1. The van der Waals surface area contributed by atoms with Crippen molar-refractivity contribution in [3.8, 4) is 5.69 Å². The lowest BCUT2D eigenvalue weighted by atomic mass is 10.2. The largest absolute Gasteiger partial charge is 0.369 e. The summed E-state index contributed by atoms with van der Waals surface area (Å²) in [5.74, 6) is -0.312. The molecule has 0 atom stereocenters. The maximum absolute atomic E-state index is 13.7. The lowest BCUT2D eigenvalue weighted by Gasteiger charge is -2.07. The lowest BCUT2D eigenvalue weighted by Crippen LogP contribution is -2.02. The number of para-hydroxylation sites is 1. The summed E-state index contributed by atoms with van der Waals surface area (Å²) in [6.45, 7) is 0. The fourth-order valence-corrected chi connectivity index (χ4v) is 2.83. The molecule has 0 amide bonds. The van der Waals surface area contributed by atoms with E-state index in [0.29, 0.717) is 11.2 Å². The van der Waals surface area contributed by atoms with E-state index in [0.717, 1.165) is 6.26 Å². The van der Waals surface area contributed by atoms with Crippen LogP contribution < -0.4 is 5.73 Å². The average molecular weight is 305 g/mol. The molecule has 0 aliphatic rings. The van der Waals surface area contributed by atoms with Crippen LogP contribution in [0.2, 0.25) is 0 Å². The minimum Gasteiger partial charge on any atom is -0.369 e. The van der Waals surface area contributed by atoms with Crippen LogP contribution in [-0.2, 0) is 9.84 Å². The van der Waals surface area contributed by atoms with Crippen molar-refractivity contribution in [3.05, 3.63) is 48.3 Å². The van der Waals surface area contributed by atoms with E-state index in [1.807, 2.05) is 0 Å². The number of nitrogen functional groups attached to an aromatic ring is 1. The first-order valence-electron chi connectivity index (χ1n) is 6.11. The molecule has 1 heterocycles. The van der Waals surface area contributed by atoms with E-state index in [9.17, 15) is 12.8 Å². The zero-order valence-corrected chi connectivity index (χ0v) is 11.9. The van der Waals surface area contributed by atoms with Crippen LogP contribution in [0, 0.1) is 5.82 Å². The third-order valence-electron chi connectivity index (χ3n) is 3.18. The van der Waals surface area contributed by atoms with Gasteiger partial charge in [0.2, 0.25) is 5.95 Å². The monoisotopic (exact) mass is 305 g/mol. The van der Waals surface area contributed by atoms with E-state index >= 15 is 0 Å². The van der Waals surface area contributed by atoms with Crippen LogP contribution in [0.15, 0.2) is 47.4 Å². The lowest BCUT2D eigenvalue weighted by molar-refractivity contribution is 0.602. The fourth-order valence-electron chi connectivity index (χ4n) is 2.20. The average Bonchev–Trinajstić information content (AvgIpc) is 2.76. The molecule has 0 unspecified atom stereocenters. The molecular formula is C14H12FN3O2S. The first-order valence-corrected chi connectivity index (χ1v) is 8.00. The van der Waals surface area contributed by atoms with Crippen molar-refractivity contribution in [2.24, 2.45) is 0 Å². The third kappa shape index (κ3) is 2.25. The van der Waals surface area contributed by atoms with Gasteiger partial charge in [0, 0.05) is 11.9 Å². The molecule has 0 saturated carbocycles. The van der Waals surface area contributed by atoms with Gasteiger partial charge in [0.05, 0.1) is 10.4 Å². The van der Waals surface area contributed by atoms with Crippen molar-refractivity contribution in [2.45, 2.75) is 4.90 Å². The number of anilines is 1. The molecule has 0 radical (unpaired) electrons. The number of hydrogen-bond donors (Lipinski definition) is 1. The zero-order chi connectivity index (χ0) is 15.2. The van der Waals surface area contributed by atoms with Crippen LogP contribution in [0.25, 0.3) is 16.7 Å². The van der Waals surface area contributed by atoms with Crippen LogP contribution in [-0.4, -0.2) is 24.2 Å². The number of nitrogens with two attached hydrogens (primary N) is 1.